The van der Waals surface area contributed by atoms with Crippen molar-refractivity contribution in [2.45, 2.75) is 19.3 Å². The van der Waals surface area contributed by atoms with Crippen molar-refractivity contribution in [3.63, 3.8) is 0 Å². The lowest BCUT2D eigenvalue weighted by Crippen LogP contribution is -2.47. The van der Waals surface area contributed by atoms with Crippen molar-refractivity contribution >= 4 is 17.3 Å². The number of piperazine rings is 1. The van der Waals surface area contributed by atoms with Crippen molar-refractivity contribution in [3.05, 3.63) is 59.9 Å². The van der Waals surface area contributed by atoms with E-state index in [1.54, 1.807) is 6.07 Å². The molecule has 0 spiro atoms. The first-order valence-electron chi connectivity index (χ1n) is 9.82. The Hall–Kier alpha value is -2.40. The maximum atomic E-state index is 13.9. The second-order valence-corrected chi connectivity index (χ2v) is 7.31. The lowest BCUT2D eigenvalue weighted by Gasteiger charge is -2.36. The van der Waals surface area contributed by atoms with Gasteiger partial charge in [-0.3, -0.25) is 9.69 Å². The summed E-state index contributed by atoms with van der Waals surface area (Å²) in [5.41, 5.74) is 3.05. The maximum absolute atomic E-state index is 13.9. The summed E-state index contributed by atoms with van der Waals surface area (Å²) in [5.74, 6) is 0.0763. The van der Waals surface area contributed by atoms with E-state index in [1.165, 1.54) is 11.6 Å². The van der Waals surface area contributed by atoms with E-state index in [0.29, 0.717) is 12.1 Å². The smallest absolute Gasteiger partial charge is 0.227 e. The van der Waals surface area contributed by atoms with E-state index in [0.717, 1.165) is 57.8 Å². The molecule has 0 N–H and O–H groups in total. The first-order chi connectivity index (χ1) is 13.2. The molecule has 0 saturated carbocycles. The number of rotatable bonds is 5. The van der Waals surface area contributed by atoms with Crippen LogP contribution in [-0.4, -0.2) is 50.1 Å². The van der Waals surface area contributed by atoms with E-state index in [4.69, 9.17) is 0 Å². The van der Waals surface area contributed by atoms with Gasteiger partial charge in [0.2, 0.25) is 5.91 Å². The Labute approximate surface area is 160 Å². The van der Waals surface area contributed by atoms with Crippen LogP contribution in [-0.2, 0) is 11.2 Å². The summed E-state index contributed by atoms with van der Waals surface area (Å²) in [5, 5.41) is 0. The maximum Gasteiger partial charge on any atom is 0.227 e. The Balaban J connectivity index is 1.22. The predicted molar refractivity (Wildman–Crippen MR) is 107 cm³/mol. The first kappa shape index (κ1) is 18.0. The predicted octanol–water partition coefficient (Wildman–Crippen LogP) is 3.32. The number of hydrogen-bond donors (Lipinski definition) is 0. The summed E-state index contributed by atoms with van der Waals surface area (Å²) in [6.45, 7) is 5.21. The monoisotopic (exact) mass is 367 g/mol. The van der Waals surface area contributed by atoms with Crippen molar-refractivity contribution in [3.8, 4) is 0 Å². The molecule has 27 heavy (non-hydrogen) atoms. The fraction of sp³-hybridized carbons (Fsp3) is 0.409. The van der Waals surface area contributed by atoms with Gasteiger partial charge in [0.1, 0.15) is 5.82 Å². The molecule has 0 atom stereocenters. The van der Waals surface area contributed by atoms with Crippen molar-refractivity contribution < 1.29 is 9.18 Å². The molecule has 2 aromatic rings. The van der Waals surface area contributed by atoms with Crippen LogP contribution in [0.1, 0.15) is 18.4 Å². The summed E-state index contributed by atoms with van der Waals surface area (Å²) < 4.78 is 13.9. The first-order valence-corrected chi connectivity index (χ1v) is 9.82. The zero-order chi connectivity index (χ0) is 18.6. The lowest BCUT2D eigenvalue weighted by molar-refractivity contribution is -0.118. The van der Waals surface area contributed by atoms with Gasteiger partial charge in [0.05, 0.1) is 5.69 Å². The molecule has 0 unspecified atom stereocenters. The van der Waals surface area contributed by atoms with Crippen LogP contribution in [0.5, 0.6) is 0 Å². The molecule has 1 amide bonds. The summed E-state index contributed by atoms with van der Waals surface area (Å²) in [6.07, 6.45) is 2.42. The standard InChI is InChI=1S/C22H26FN3O/c23-19-7-2-4-9-21(19)25-16-14-24(15-17-25)12-5-10-22(27)26-13-11-18-6-1-3-8-20(18)26/h1-4,6-9H,5,10-17H2. The Morgan fingerprint density at radius 1 is 0.889 bits per heavy atom. The average molecular weight is 367 g/mol. The molecule has 2 aromatic carbocycles. The molecule has 2 heterocycles. The number of carbonyl (C=O) groups is 1. The Bertz CT molecular complexity index is 802. The van der Waals surface area contributed by atoms with Gasteiger partial charge in [0, 0.05) is 44.8 Å². The highest BCUT2D eigenvalue weighted by atomic mass is 19.1. The van der Waals surface area contributed by atoms with Gasteiger partial charge in [-0.2, -0.15) is 0 Å². The van der Waals surface area contributed by atoms with Crippen molar-refractivity contribution in [1.82, 2.24) is 4.90 Å². The van der Waals surface area contributed by atoms with Gasteiger partial charge in [-0.1, -0.05) is 30.3 Å². The number of para-hydroxylation sites is 2. The third-order valence-corrected chi connectivity index (χ3v) is 5.62. The van der Waals surface area contributed by atoms with E-state index < -0.39 is 0 Å². The minimum Gasteiger partial charge on any atom is -0.367 e. The Kier molecular flexibility index (Phi) is 5.39. The lowest BCUT2D eigenvalue weighted by atomic mass is 10.2. The number of amides is 1. The van der Waals surface area contributed by atoms with Crippen LogP contribution in [0.25, 0.3) is 0 Å². The SMILES string of the molecule is O=C(CCCN1CCN(c2ccccc2F)CC1)N1CCc2ccccc21. The highest BCUT2D eigenvalue weighted by molar-refractivity contribution is 5.95. The Morgan fingerprint density at radius 3 is 2.37 bits per heavy atom. The zero-order valence-electron chi connectivity index (χ0n) is 15.6. The van der Waals surface area contributed by atoms with Gasteiger partial charge >= 0.3 is 0 Å². The molecule has 0 radical (unpaired) electrons. The summed E-state index contributed by atoms with van der Waals surface area (Å²) >= 11 is 0. The summed E-state index contributed by atoms with van der Waals surface area (Å²) in [7, 11) is 0. The van der Waals surface area contributed by atoms with Gasteiger partial charge in [-0.15, -0.1) is 0 Å². The van der Waals surface area contributed by atoms with Crippen LogP contribution >= 0.6 is 0 Å². The highest BCUT2D eigenvalue weighted by Crippen LogP contribution is 2.28. The quantitative estimate of drug-likeness (QED) is 0.811. The average Bonchev–Trinajstić information content (AvgIpc) is 3.13. The normalized spacial score (nSPS) is 17.2. The minimum atomic E-state index is -0.151. The van der Waals surface area contributed by atoms with Gasteiger partial charge in [0.15, 0.2) is 0 Å². The molecule has 5 heteroatoms. The van der Waals surface area contributed by atoms with Crippen molar-refractivity contribution in [2.24, 2.45) is 0 Å². The summed E-state index contributed by atoms with van der Waals surface area (Å²) in [6, 6.07) is 15.2. The van der Waals surface area contributed by atoms with E-state index in [-0.39, 0.29) is 11.7 Å². The molecule has 2 aliphatic heterocycles. The minimum absolute atomic E-state index is 0.151. The number of hydrogen-bond acceptors (Lipinski definition) is 3. The van der Waals surface area contributed by atoms with E-state index in [9.17, 15) is 9.18 Å². The van der Waals surface area contributed by atoms with Crippen LogP contribution in [0.15, 0.2) is 48.5 Å². The van der Waals surface area contributed by atoms with Crippen LogP contribution in [0.4, 0.5) is 15.8 Å². The van der Waals surface area contributed by atoms with E-state index >= 15 is 0 Å². The molecule has 4 rings (SSSR count). The molecule has 2 aliphatic rings. The zero-order valence-corrected chi connectivity index (χ0v) is 15.6. The molecule has 4 nitrogen and oxygen atoms in total. The number of fused-ring (bicyclic) bond motifs is 1. The molecular weight excluding hydrogens is 341 g/mol. The molecule has 142 valence electrons. The van der Waals surface area contributed by atoms with Crippen LogP contribution < -0.4 is 9.80 Å². The molecule has 0 aliphatic carbocycles. The fourth-order valence-electron chi connectivity index (χ4n) is 4.11. The van der Waals surface area contributed by atoms with Gasteiger partial charge in [0.25, 0.3) is 0 Å². The number of halogens is 1. The number of carbonyl (C=O) groups excluding carboxylic acids is 1. The van der Waals surface area contributed by atoms with Crippen LogP contribution in [0, 0.1) is 5.82 Å². The third-order valence-electron chi connectivity index (χ3n) is 5.62. The Morgan fingerprint density at radius 2 is 1.59 bits per heavy atom. The third kappa shape index (κ3) is 3.98. The second-order valence-electron chi connectivity index (χ2n) is 7.31. The number of anilines is 2. The largest absolute Gasteiger partial charge is 0.367 e. The van der Waals surface area contributed by atoms with Crippen LogP contribution in [0.2, 0.25) is 0 Å². The molecule has 1 saturated heterocycles. The topological polar surface area (TPSA) is 26.8 Å². The summed E-state index contributed by atoms with van der Waals surface area (Å²) in [4.78, 5) is 19.0. The fourth-order valence-corrected chi connectivity index (χ4v) is 4.11. The van der Waals surface area contributed by atoms with E-state index in [1.807, 2.05) is 35.2 Å². The van der Waals surface area contributed by atoms with Gasteiger partial charge in [-0.05, 0) is 43.1 Å². The number of benzene rings is 2. The van der Waals surface area contributed by atoms with Gasteiger partial charge in [-0.25, -0.2) is 4.39 Å². The molecule has 0 aromatic heterocycles. The highest BCUT2D eigenvalue weighted by Gasteiger charge is 2.24. The molecule has 1 fully saturated rings. The molecule has 0 bridgehead atoms. The van der Waals surface area contributed by atoms with E-state index in [2.05, 4.69) is 15.9 Å². The second kappa shape index (κ2) is 8.09. The molecular formula is C22H26FN3O. The number of nitrogens with zero attached hydrogens (tertiary/aromatic N) is 3. The van der Waals surface area contributed by atoms with Crippen molar-refractivity contribution in [1.29, 1.82) is 0 Å². The van der Waals surface area contributed by atoms with Crippen molar-refractivity contribution in [2.75, 3.05) is 49.1 Å². The van der Waals surface area contributed by atoms with Gasteiger partial charge < -0.3 is 9.80 Å². The van der Waals surface area contributed by atoms with Crippen LogP contribution in [0.3, 0.4) is 0 Å².